The van der Waals surface area contributed by atoms with E-state index in [9.17, 15) is 0 Å². The molecule has 3 aromatic rings. The minimum Gasteiger partial charge on any atom is -0.454 e. The van der Waals surface area contributed by atoms with E-state index in [-0.39, 0.29) is 0 Å². The van der Waals surface area contributed by atoms with Crippen molar-refractivity contribution in [1.29, 1.82) is 0 Å². The summed E-state index contributed by atoms with van der Waals surface area (Å²) in [7, 11) is 0. The zero-order chi connectivity index (χ0) is 22.1. The molecule has 0 saturated carbocycles. The summed E-state index contributed by atoms with van der Waals surface area (Å²) in [5.41, 5.74) is 6.40. The Labute approximate surface area is 187 Å². The van der Waals surface area contributed by atoms with Gasteiger partial charge in [-0.25, -0.2) is 9.98 Å². The smallest absolute Gasteiger partial charge is 0.148 e. The average molecular weight is 415 g/mol. The van der Waals surface area contributed by atoms with Crippen molar-refractivity contribution < 1.29 is 4.42 Å². The Bertz CT molecular complexity index is 960. The van der Waals surface area contributed by atoms with Crippen molar-refractivity contribution in [3.05, 3.63) is 83.3 Å². The van der Waals surface area contributed by atoms with Crippen LogP contribution in [0.4, 0.5) is 11.4 Å². The van der Waals surface area contributed by atoms with Gasteiger partial charge in [-0.05, 0) is 74.9 Å². The number of aliphatic imine (C=N–C) groups is 2. The van der Waals surface area contributed by atoms with Gasteiger partial charge in [0.1, 0.15) is 11.5 Å². The van der Waals surface area contributed by atoms with Crippen molar-refractivity contribution in [2.75, 3.05) is 0 Å². The predicted octanol–water partition coefficient (Wildman–Crippen LogP) is 8.25. The Morgan fingerprint density at radius 3 is 1.48 bits per heavy atom. The number of furan rings is 1. The summed E-state index contributed by atoms with van der Waals surface area (Å²) in [4.78, 5) is 9.74. The third-order valence-corrected chi connectivity index (χ3v) is 5.48. The highest BCUT2D eigenvalue weighted by molar-refractivity contribution is 6.01. The van der Waals surface area contributed by atoms with Crippen LogP contribution >= 0.6 is 0 Å². The van der Waals surface area contributed by atoms with Gasteiger partial charge in [-0.3, -0.25) is 0 Å². The number of nitrogens with zero attached hydrogens (tertiary/aromatic N) is 2. The van der Waals surface area contributed by atoms with Gasteiger partial charge in [0.2, 0.25) is 0 Å². The molecule has 0 aliphatic carbocycles. The van der Waals surface area contributed by atoms with Gasteiger partial charge in [0, 0.05) is 0 Å². The highest BCUT2D eigenvalue weighted by atomic mass is 16.3. The maximum absolute atomic E-state index is 6.13. The molecule has 0 bridgehead atoms. The van der Waals surface area contributed by atoms with Gasteiger partial charge in [-0.2, -0.15) is 0 Å². The van der Waals surface area contributed by atoms with E-state index < -0.39 is 0 Å². The molecule has 0 unspecified atom stereocenters. The van der Waals surface area contributed by atoms with Crippen molar-refractivity contribution in [1.82, 2.24) is 0 Å². The molecule has 0 N–H and O–H groups in total. The topological polar surface area (TPSA) is 37.9 Å². The standard InChI is InChI=1S/C28H34N2O/c1-5-7-13-23-15-9-11-17-25(23)29-21(3)27-19-20-28(31-27)22(4)30-26-18-12-10-16-24(26)14-8-6-2/h9-12,15-20H,5-8,13-14H2,1-4H3. The molecule has 3 heteroatoms. The molecular formula is C28H34N2O. The fourth-order valence-electron chi connectivity index (χ4n) is 3.60. The predicted molar refractivity (Wildman–Crippen MR) is 133 cm³/mol. The molecule has 0 aliphatic rings. The fraction of sp³-hybridized carbons (Fsp3) is 0.357. The molecule has 1 aromatic heterocycles. The molecule has 0 spiro atoms. The lowest BCUT2D eigenvalue weighted by molar-refractivity contribution is 0.547. The Kier molecular flexibility index (Phi) is 8.40. The van der Waals surface area contributed by atoms with Crippen LogP contribution in [0.15, 0.2) is 75.1 Å². The van der Waals surface area contributed by atoms with Crippen LogP contribution in [0.3, 0.4) is 0 Å². The van der Waals surface area contributed by atoms with Crippen LogP contribution in [0.2, 0.25) is 0 Å². The first kappa shape index (κ1) is 22.7. The molecule has 0 radical (unpaired) electrons. The van der Waals surface area contributed by atoms with Gasteiger partial charge < -0.3 is 4.42 Å². The van der Waals surface area contributed by atoms with Crippen LogP contribution in [0, 0.1) is 0 Å². The summed E-state index contributed by atoms with van der Waals surface area (Å²) in [5, 5.41) is 0. The van der Waals surface area contributed by atoms with Gasteiger partial charge in [-0.15, -0.1) is 0 Å². The van der Waals surface area contributed by atoms with E-state index >= 15 is 0 Å². The molecule has 0 amide bonds. The van der Waals surface area contributed by atoms with Crippen LogP contribution in [0.5, 0.6) is 0 Å². The zero-order valence-corrected chi connectivity index (χ0v) is 19.3. The van der Waals surface area contributed by atoms with Crippen molar-refractivity contribution in [2.24, 2.45) is 9.98 Å². The molecule has 0 aliphatic heterocycles. The maximum Gasteiger partial charge on any atom is 0.148 e. The number of para-hydroxylation sites is 2. The van der Waals surface area contributed by atoms with Crippen LogP contribution < -0.4 is 0 Å². The number of hydrogen-bond acceptors (Lipinski definition) is 3. The fourth-order valence-corrected chi connectivity index (χ4v) is 3.60. The number of rotatable bonds is 10. The summed E-state index contributed by atoms with van der Waals surface area (Å²) < 4.78 is 6.13. The molecule has 0 saturated heterocycles. The molecule has 2 aromatic carbocycles. The summed E-state index contributed by atoms with van der Waals surface area (Å²) in [6, 6.07) is 20.7. The maximum atomic E-state index is 6.13. The highest BCUT2D eigenvalue weighted by Gasteiger charge is 2.10. The Hall–Kier alpha value is -2.94. The van der Waals surface area contributed by atoms with E-state index in [1.165, 1.54) is 36.8 Å². The second-order valence-corrected chi connectivity index (χ2v) is 8.02. The SMILES string of the molecule is CCCCc1ccccc1N=C(C)c1ccc(C(C)=Nc2ccccc2CCCC)o1. The third-order valence-electron chi connectivity index (χ3n) is 5.48. The normalized spacial score (nSPS) is 12.4. The molecular weight excluding hydrogens is 380 g/mol. The van der Waals surface area contributed by atoms with Crippen LogP contribution in [-0.2, 0) is 12.8 Å². The van der Waals surface area contributed by atoms with E-state index in [4.69, 9.17) is 14.4 Å². The number of unbranched alkanes of at least 4 members (excludes halogenated alkanes) is 2. The second-order valence-electron chi connectivity index (χ2n) is 8.02. The quantitative estimate of drug-likeness (QED) is 0.308. The summed E-state index contributed by atoms with van der Waals surface area (Å²) >= 11 is 0. The van der Waals surface area contributed by atoms with E-state index in [0.717, 1.165) is 47.2 Å². The zero-order valence-electron chi connectivity index (χ0n) is 19.3. The number of hydrogen-bond donors (Lipinski definition) is 0. The van der Waals surface area contributed by atoms with Gasteiger partial charge in [-0.1, -0.05) is 63.1 Å². The van der Waals surface area contributed by atoms with Crippen molar-refractivity contribution in [3.63, 3.8) is 0 Å². The Morgan fingerprint density at radius 2 is 1.06 bits per heavy atom. The first-order valence-electron chi connectivity index (χ1n) is 11.5. The third kappa shape index (κ3) is 6.27. The molecule has 1 heterocycles. The molecule has 31 heavy (non-hydrogen) atoms. The molecule has 0 atom stereocenters. The average Bonchev–Trinajstić information content (AvgIpc) is 3.29. The molecule has 3 rings (SSSR count). The number of benzene rings is 2. The van der Waals surface area contributed by atoms with Gasteiger partial charge in [0.25, 0.3) is 0 Å². The summed E-state index contributed by atoms with van der Waals surface area (Å²) in [6.45, 7) is 8.44. The Morgan fingerprint density at radius 1 is 0.645 bits per heavy atom. The lowest BCUT2D eigenvalue weighted by atomic mass is 10.1. The van der Waals surface area contributed by atoms with E-state index in [1.54, 1.807) is 0 Å². The van der Waals surface area contributed by atoms with Crippen molar-refractivity contribution in [2.45, 2.75) is 66.2 Å². The molecule has 162 valence electrons. The number of aryl methyl sites for hydroxylation is 2. The largest absolute Gasteiger partial charge is 0.454 e. The molecule has 3 nitrogen and oxygen atoms in total. The van der Waals surface area contributed by atoms with Gasteiger partial charge in [0.05, 0.1) is 22.8 Å². The lowest BCUT2D eigenvalue weighted by Gasteiger charge is -2.06. The van der Waals surface area contributed by atoms with E-state index in [0.29, 0.717) is 0 Å². The van der Waals surface area contributed by atoms with Crippen molar-refractivity contribution in [3.8, 4) is 0 Å². The summed E-state index contributed by atoms with van der Waals surface area (Å²) in [5.74, 6) is 1.57. The van der Waals surface area contributed by atoms with E-state index in [2.05, 4.69) is 50.2 Å². The minimum atomic E-state index is 0.786. The second kappa shape index (κ2) is 11.5. The minimum absolute atomic E-state index is 0.786. The van der Waals surface area contributed by atoms with Crippen molar-refractivity contribution >= 4 is 22.8 Å². The monoisotopic (exact) mass is 414 g/mol. The summed E-state index contributed by atoms with van der Waals surface area (Å²) in [6.07, 6.45) is 6.81. The Balaban J connectivity index is 1.82. The van der Waals surface area contributed by atoms with Crippen LogP contribution in [0.1, 0.15) is 76.0 Å². The van der Waals surface area contributed by atoms with Crippen LogP contribution in [-0.4, -0.2) is 11.4 Å². The van der Waals surface area contributed by atoms with E-state index in [1.807, 2.05) is 38.1 Å². The van der Waals surface area contributed by atoms with Crippen LogP contribution in [0.25, 0.3) is 0 Å². The van der Waals surface area contributed by atoms with Gasteiger partial charge >= 0.3 is 0 Å². The highest BCUT2D eigenvalue weighted by Crippen LogP contribution is 2.24. The first-order chi connectivity index (χ1) is 15.1. The lowest BCUT2D eigenvalue weighted by Crippen LogP contribution is -1.95. The molecule has 0 fully saturated rings. The van der Waals surface area contributed by atoms with Gasteiger partial charge in [0.15, 0.2) is 0 Å². The first-order valence-corrected chi connectivity index (χ1v) is 11.5.